The van der Waals surface area contributed by atoms with Crippen LogP contribution in [0, 0.1) is 23.3 Å². The van der Waals surface area contributed by atoms with Crippen molar-refractivity contribution in [3.8, 4) is 0 Å². The zero-order valence-electron chi connectivity index (χ0n) is 27.6. The number of esters is 2. The van der Waals surface area contributed by atoms with Gasteiger partial charge >= 0.3 is 11.9 Å². The van der Waals surface area contributed by atoms with Crippen LogP contribution in [-0.4, -0.2) is 43.0 Å². The molecule has 19 heteroatoms. The summed E-state index contributed by atoms with van der Waals surface area (Å²) >= 11 is 14.3. The fraction of sp³-hybridized carbons (Fsp3) is 0.118. The molecule has 4 aromatic carbocycles. The van der Waals surface area contributed by atoms with Crippen molar-refractivity contribution in [2.75, 3.05) is 23.2 Å². The summed E-state index contributed by atoms with van der Waals surface area (Å²) in [5.74, 6) is -3.78. The summed E-state index contributed by atoms with van der Waals surface area (Å²) < 4.78 is 112. The fourth-order valence-corrected chi connectivity index (χ4v) is 6.05. The number of alkyl halides is 1. The third-order valence-electron chi connectivity index (χ3n) is 6.51. The van der Waals surface area contributed by atoms with Crippen LogP contribution in [0.15, 0.2) is 96.8 Å². The van der Waals surface area contributed by atoms with Gasteiger partial charge in [0.25, 0.3) is 20.0 Å². The Labute approximate surface area is 321 Å². The molecule has 0 aliphatic heterocycles. The molecule has 0 saturated heterocycles. The fourth-order valence-electron chi connectivity index (χ4n) is 3.80. The van der Waals surface area contributed by atoms with Crippen molar-refractivity contribution in [2.45, 2.75) is 11.9 Å². The lowest BCUT2D eigenvalue weighted by atomic mass is 10.1. The molecule has 1 N–H and O–H groups in total. The SMILES string of the molecule is C=CS(=O)(=O)N(Cc1ccc(C(=O)OC)cc1F)c1ccc(F)c(Cl)c1.C=CS(=O)(=O)Nc1ccc(F)c(Cl)c1.COC(=O)c1ccc(CBr)c(F)c1. The number of carbonyl (C=O) groups excluding carboxylic acids is 2. The van der Waals surface area contributed by atoms with E-state index in [0.717, 1.165) is 41.1 Å². The minimum atomic E-state index is -4.03. The van der Waals surface area contributed by atoms with E-state index in [1.165, 1.54) is 49.6 Å². The molecule has 0 atom stereocenters. The van der Waals surface area contributed by atoms with Crippen LogP contribution in [0.3, 0.4) is 0 Å². The average molecular weight is 885 g/mol. The number of hydrogen-bond acceptors (Lipinski definition) is 8. The van der Waals surface area contributed by atoms with Crippen LogP contribution in [0.2, 0.25) is 10.0 Å². The van der Waals surface area contributed by atoms with Crippen molar-refractivity contribution < 1.29 is 53.5 Å². The van der Waals surface area contributed by atoms with Gasteiger partial charge < -0.3 is 9.47 Å². The number of ether oxygens (including phenoxy) is 2. The number of sulfonamides is 2. The quantitative estimate of drug-likeness (QED) is 0.0898. The number of anilines is 2. The number of nitrogens with zero attached hydrogens (tertiary/aromatic N) is 1. The van der Waals surface area contributed by atoms with Crippen LogP contribution in [0.25, 0.3) is 0 Å². The Bertz CT molecular complexity index is 2210. The van der Waals surface area contributed by atoms with E-state index in [-0.39, 0.29) is 38.1 Å². The summed E-state index contributed by atoms with van der Waals surface area (Å²) in [6.45, 7) is 5.94. The molecule has 0 aliphatic carbocycles. The largest absolute Gasteiger partial charge is 0.465 e. The molecule has 0 aliphatic rings. The molecule has 0 bridgehead atoms. The van der Waals surface area contributed by atoms with E-state index < -0.39 is 61.8 Å². The zero-order chi connectivity index (χ0) is 40.1. The first-order valence-corrected chi connectivity index (χ1v) is 19.3. The lowest BCUT2D eigenvalue weighted by Crippen LogP contribution is -2.29. The second-order valence-electron chi connectivity index (χ2n) is 9.99. The summed E-state index contributed by atoms with van der Waals surface area (Å²) in [5.41, 5.74) is 0.946. The summed E-state index contributed by atoms with van der Waals surface area (Å²) in [7, 11) is -5.18. The van der Waals surface area contributed by atoms with Gasteiger partial charge in [-0.1, -0.05) is 64.4 Å². The van der Waals surface area contributed by atoms with E-state index in [1.807, 2.05) is 0 Å². The third kappa shape index (κ3) is 13.2. The first-order valence-electron chi connectivity index (χ1n) is 14.3. The molecule has 10 nitrogen and oxygen atoms in total. The maximum Gasteiger partial charge on any atom is 0.337 e. The predicted octanol–water partition coefficient (Wildman–Crippen LogP) is 8.76. The number of methoxy groups -OCH3 is 2. The van der Waals surface area contributed by atoms with E-state index in [1.54, 1.807) is 6.07 Å². The van der Waals surface area contributed by atoms with Gasteiger partial charge in [0.1, 0.15) is 23.3 Å². The molecule has 53 heavy (non-hydrogen) atoms. The second-order valence-corrected chi connectivity index (χ2v) is 14.8. The van der Waals surface area contributed by atoms with Crippen molar-refractivity contribution in [1.82, 2.24) is 0 Å². The first kappa shape index (κ1) is 44.7. The molecule has 284 valence electrons. The number of rotatable bonds is 11. The minimum absolute atomic E-state index is 0.0106. The highest BCUT2D eigenvalue weighted by Crippen LogP contribution is 2.28. The molecule has 0 amide bonds. The van der Waals surface area contributed by atoms with Gasteiger partial charge in [0, 0.05) is 21.7 Å². The zero-order valence-corrected chi connectivity index (χ0v) is 32.3. The Kier molecular flexibility index (Phi) is 17.0. The maximum absolute atomic E-state index is 14.3. The Balaban J connectivity index is 0.000000303. The number of hydrogen-bond donors (Lipinski definition) is 1. The third-order valence-corrected chi connectivity index (χ3v) is 10.0. The molecular weight excluding hydrogens is 855 g/mol. The molecule has 0 fully saturated rings. The van der Waals surface area contributed by atoms with Gasteiger partial charge in [-0.15, -0.1) is 0 Å². The van der Waals surface area contributed by atoms with Gasteiger partial charge in [-0.25, -0.2) is 44.0 Å². The van der Waals surface area contributed by atoms with Crippen molar-refractivity contribution >= 4 is 82.5 Å². The lowest BCUT2D eigenvalue weighted by molar-refractivity contribution is 0.0591. The summed E-state index contributed by atoms with van der Waals surface area (Å²) in [6, 6.07) is 14.6. The Hall–Kier alpha value is -4.42. The van der Waals surface area contributed by atoms with Crippen molar-refractivity contribution in [3.63, 3.8) is 0 Å². The molecular formula is C34H29BrCl2F4N2O8S2. The highest BCUT2D eigenvalue weighted by molar-refractivity contribution is 9.08. The molecule has 0 heterocycles. The van der Waals surface area contributed by atoms with Crippen LogP contribution >= 0.6 is 39.1 Å². The molecule has 0 aromatic heterocycles. The Morgan fingerprint density at radius 2 is 1.23 bits per heavy atom. The monoisotopic (exact) mass is 882 g/mol. The normalized spacial score (nSPS) is 10.7. The van der Waals surface area contributed by atoms with Crippen LogP contribution < -0.4 is 9.03 Å². The van der Waals surface area contributed by atoms with Gasteiger partial charge in [0.15, 0.2) is 0 Å². The highest BCUT2D eigenvalue weighted by atomic mass is 79.9. The predicted molar refractivity (Wildman–Crippen MR) is 199 cm³/mol. The van der Waals surface area contributed by atoms with Crippen molar-refractivity contribution in [3.05, 3.63) is 152 Å². The molecule has 0 radical (unpaired) electrons. The van der Waals surface area contributed by atoms with E-state index in [4.69, 9.17) is 23.2 Å². The standard InChI is InChI=1S/C17H14ClF2NO4S.C9H8BrFO2.C8H7ClFNO2S/c1-3-26(23,24)21(13-6-7-15(19)14(18)9-13)10-12-5-4-11(8-16(12)20)17(22)25-2;1-13-9(12)6-2-3-7(5-10)8(11)4-6;1-2-14(12,13)11-6-3-4-8(10)7(9)5-6/h3-9H,1,10H2,2H3;2-4H,5H2,1H3;2-5,11H,1H2. The Morgan fingerprint density at radius 3 is 1.64 bits per heavy atom. The summed E-state index contributed by atoms with van der Waals surface area (Å²) in [4.78, 5) is 22.4. The van der Waals surface area contributed by atoms with Crippen molar-refractivity contribution in [2.24, 2.45) is 0 Å². The molecule has 0 saturated carbocycles. The summed E-state index contributed by atoms with van der Waals surface area (Å²) in [6.07, 6.45) is 0. The smallest absolute Gasteiger partial charge is 0.337 e. The van der Waals surface area contributed by atoms with Crippen LogP contribution in [-0.2, 0) is 41.4 Å². The molecule has 0 unspecified atom stereocenters. The number of carbonyl (C=O) groups is 2. The highest BCUT2D eigenvalue weighted by Gasteiger charge is 2.23. The topological polar surface area (TPSA) is 136 Å². The van der Waals surface area contributed by atoms with E-state index in [2.05, 4.69) is 43.3 Å². The number of nitrogens with one attached hydrogen (secondary N) is 1. The summed E-state index contributed by atoms with van der Waals surface area (Å²) in [5, 5.41) is 1.44. The van der Waals surface area contributed by atoms with Gasteiger partial charge in [-0.05, 0) is 66.2 Å². The van der Waals surface area contributed by atoms with E-state index in [9.17, 15) is 44.0 Å². The first-order chi connectivity index (χ1) is 24.8. The Morgan fingerprint density at radius 1 is 0.736 bits per heavy atom. The van der Waals surface area contributed by atoms with Gasteiger partial charge in [-0.2, -0.15) is 0 Å². The van der Waals surface area contributed by atoms with Crippen LogP contribution in [0.1, 0.15) is 31.8 Å². The van der Waals surface area contributed by atoms with Crippen molar-refractivity contribution in [1.29, 1.82) is 0 Å². The van der Waals surface area contributed by atoms with Gasteiger partial charge in [0.2, 0.25) is 0 Å². The lowest BCUT2D eigenvalue weighted by Gasteiger charge is -2.23. The number of halogens is 7. The molecule has 0 spiro atoms. The minimum Gasteiger partial charge on any atom is -0.465 e. The second kappa shape index (κ2) is 20.1. The molecule has 4 rings (SSSR count). The average Bonchev–Trinajstić information content (AvgIpc) is 3.13. The van der Waals surface area contributed by atoms with E-state index in [0.29, 0.717) is 16.3 Å². The number of benzene rings is 4. The maximum atomic E-state index is 14.3. The molecule has 4 aromatic rings. The van der Waals surface area contributed by atoms with Crippen LogP contribution in [0.5, 0.6) is 0 Å². The van der Waals surface area contributed by atoms with E-state index >= 15 is 0 Å². The van der Waals surface area contributed by atoms with Gasteiger partial charge in [0.05, 0.1) is 53.3 Å². The van der Waals surface area contributed by atoms with Crippen LogP contribution in [0.4, 0.5) is 28.9 Å². The van der Waals surface area contributed by atoms with Gasteiger partial charge in [-0.3, -0.25) is 9.03 Å².